The Morgan fingerprint density at radius 2 is 2.04 bits per heavy atom. The molecule has 0 bridgehead atoms. The molecule has 0 aliphatic heterocycles. The molecule has 0 aliphatic rings. The van der Waals surface area contributed by atoms with E-state index in [0.29, 0.717) is 18.4 Å². The van der Waals surface area contributed by atoms with E-state index in [9.17, 15) is 4.79 Å². The summed E-state index contributed by atoms with van der Waals surface area (Å²) in [4.78, 5) is 16.3. The van der Waals surface area contributed by atoms with Crippen LogP contribution in [0.4, 0.5) is 0 Å². The van der Waals surface area contributed by atoms with Crippen molar-refractivity contribution in [3.63, 3.8) is 0 Å². The molecule has 2 heterocycles. The van der Waals surface area contributed by atoms with Crippen LogP contribution in [0.5, 0.6) is 0 Å². The fraction of sp³-hybridized carbons (Fsp3) is 0.647. The van der Waals surface area contributed by atoms with E-state index in [1.54, 1.807) is 4.90 Å². The molecule has 0 fully saturated rings. The fourth-order valence-corrected chi connectivity index (χ4v) is 3.64. The van der Waals surface area contributed by atoms with Crippen molar-refractivity contribution in [2.75, 3.05) is 13.6 Å². The molecule has 128 valence electrons. The lowest BCUT2D eigenvalue weighted by Crippen LogP contribution is -2.34. The molecule has 23 heavy (non-hydrogen) atoms. The van der Waals surface area contributed by atoms with Crippen LogP contribution in [0.1, 0.15) is 55.4 Å². The van der Waals surface area contributed by atoms with E-state index in [-0.39, 0.29) is 11.9 Å². The number of carbonyl (C=O) groups excluding carboxylic acids is 1. The van der Waals surface area contributed by atoms with Crippen molar-refractivity contribution in [3.8, 4) is 0 Å². The number of aromatic nitrogens is 2. The van der Waals surface area contributed by atoms with E-state index >= 15 is 0 Å². The van der Waals surface area contributed by atoms with Gasteiger partial charge in [-0.2, -0.15) is 5.10 Å². The summed E-state index contributed by atoms with van der Waals surface area (Å²) < 4.78 is 1.88. The average molecular weight is 337 g/mol. The van der Waals surface area contributed by atoms with E-state index in [1.165, 1.54) is 11.3 Å². The number of hydrogen-bond donors (Lipinski definition) is 1. The number of nitrogens with two attached hydrogens (primary N) is 1. The topological polar surface area (TPSA) is 64.2 Å². The fourth-order valence-electron chi connectivity index (χ4n) is 2.56. The summed E-state index contributed by atoms with van der Waals surface area (Å²) in [5, 5.41) is 5.66. The monoisotopic (exact) mass is 336 g/mol. The van der Waals surface area contributed by atoms with Gasteiger partial charge < -0.3 is 10.6 Å². The summed E-state index contributed by atoms with van der Waals surface area (Å²) in [7, 11) is 3.78. The minimum Gasteiger partial charge on any atom is -0.341 e. The van der Waals surface area contributed by atoms with Gasteiger partial charge in [0.15, 0.2) is 0 Å². The number of hydrogen-bond acceptors (Lipinski definition) is 4. The minimum absolute atomic E-state index is 0.0665. The molecule has 6 heteroatoms. The Morgan fingerprint density at radius 3 is 2.61 bits per heavy atom. The quantitative estimate of drug-likeness (QED) is 0.881. The number of aryl methyl sites for hydroxylation is 1. The van der Waals surface area contributed by atoms with Gasteiger partial charge in [-0.25, -0.2) is 0 Å². The second kappa shape index (κ2) is 7.01. The zero-order valence-electron chi connectivity index (χ0n) is 15.0. The standard InChI is InChI=1S/C17H28N4OS/c1-10(2)13(18)7-8-20(5)16(22)14-9-12-15(11(3)4)19-21(6)17(12)23-14/h9-11,13H,7-8,18H2,1-6H3. The molecule has 5 nitrogen and oxygen atoms in total. The number of carbonyl (C=O) groups is 1. The molecule has 0 saturated carbocycles. The van der Waals surface area contributed by atoms with E-state index in [1.807, 2.05) is 24.8 Å². The Morgan fingerprint density at radius 1 is 1.39 bits per heavy atom. The Kier molecular flexibility index (Phi) is 5.47. The van der Waals surface area contributed by atoms with Gasteiger partial charge in [-0.15, -0.1) is 11.3 Å². The highest BCUT2D eigenvalue weighted by molar-refractivity contribution is 7.20. The number of rotatable bonds is 6. The largest absolute Gasteiger partial charge is 0.341 e. The molecule has 2 N–H and O–H groups in total. The number of thiophene rings is 1. The summed E-state index contributed by atoms with van der Waals surface area (Å²) >= 11 is 1.52. The van der Waals surface area contributed by atoms with Gasteiger partial charge in [0, 0.05) is 32.1 Å². The van der Waals surface area contributed by atoms with Crippen molar-refractivity contribution in [3.05, 3.63) is 16.6 Å². The van der Waals surface area contributed by atoms with Crippen LogP contribution < -0.4 is 5.73 Å². The summed E-state index contributed by atoms with van der Waals surface area (Å²) in [6, 6.07) is 2.12. The van der Waals surface area contributed by atoms with Gasteiger partial charge in [0.1, 0.15) is 4.83 Å². The molecule has 0 radical (unpaired) electrons. The first-order valence-electron chi connectivity index (χ1n) is 8.19. The first-order chi connectivity index (χ1) is 10.7. The van der Waals surface area contributed by atoms with E-state index in [2.05, 4.69) is 32.8 Å². The highest BCUT2D eigenvalue weighted by Gasteiger charge is 2.21. The molecule has 2 aromatic rings. The Balaban J connectivity index is 2.16. The summed E-state index contributed by atoms with van der Waals surface area (Å²) in [6.45, 7) is 9.15. The second-order valence-corrected chi connectivity index (χ2v) is 7.95. The predicted molar refractivity (Wildman–Crippen MR) is 97.1 cm³/mol. The van der Waals surface area contributed by atoms with E-state index in [0.717, 1.165) is 27.2 Å². The summed E-state index contributed by atoms with van der Waals surface area (Å²) in [5.41, 5.74) is 7.13. The third kappa shape index (κ3) is 3.75. The molecule has 0 aromatic carbocycles. The Labute approximate surface area is 142 Å². The molecule has 0 saturated heterocycles. The second-order valence-electron chi connectivity index (χ2n) is 6.92. The summed E-state index contributed by atoms with van der Waals surface area (Å²) in [6.07, 6.45) is 0.823. The van der Waals surface area contributed by atoms with Crippen LogP contribution in [-0.4, -0.2) is 40.2 Å². The van der Waals surface area contributed by atoms with Gasteiger partial charge in [0.05, 0.1) is 10.6 Å². The summed E-state index contributed by atoms with van der Waals surface area (Å²) in [5.74, 6) is 0.845. The van der Waals surface area contributed by atoms with Crippen LogP contribution in [0.25, 0.3) is 10.2 Å². The first kappa shape index (κ1) is 17.9. The smallest absolute Gasteiger partial charge is 0.263 e. The Bertz CT molecular complexity index is 686. The zero-order chi connectivity index (χ0) is 17.3. The molecule has 1 unspecified atom stereocenters. The van der Waals surface area contributed by atoms with Gasteiger partial charge in [-0.3, -0.25) is 9.48 Å². The number of nitrogens with zero attached hydrogens (tertiary/aromatic N) is 3. The maximum absolute atomic E-state index is 12.7. The molecule has 0 spiro atoms. The number of amides is 1. The predicted octanol–water partition coefficient (Wildman–Crippen LogP) is 3.20. The highest BCUT2D eigenvalue weighted by Crippen LogP contribution is 2.32. The lowest BCUT2D eigenvalue weighted by Gasteiger charge is -2.21. The van der Waals surface area contributed by atoms with Crippen LogP contribution in [-0.2, 0) is 7.05 Å². The zero-order valence-corrected chi connectivity index (χ0v) is 15.8. The molecular weight excluding hydrogens is 308 g/mol. The van der Waals surface area contributed by atoms with Crippen molar-refractivity contribution >= 4 is 27.5 Å². The normalized spacial score (nSPS) is 13.3. The highest BCUT2D eigenvalue weighted by atomic mass is 32.1. The van der Waals surface area contributed by atoms with Crippen LogP contribution >= 0.6 is 11.3 Å². The van der Waals surface area contributed by atoms with Crippen molar-refractivity contribution in [2.45, 2.75) is 46.1 Å². The molecule has 0 aliphatic carbocycles. The van der Waals surface area contributed by atoms with Crippen molar-refractivity contribution in [1.82, 2.24) is 14.7 Å². The third-order valence-electron chi connectivity index (χ3n) is 4.30. The maximum Gasteiger partial charge on any atom is 0.263 e. The minimum atomic E-state index is 0.0665. The van der Waals surface area contributed by atoms with Gasteiger partial charge in [-0.05, 0) is 24.3 Å². The molecule has 2 rings (SSSR count). The van der Waals surface area contributed by atoms with Crippen LogP contribution in [0.15, 0.2) is 6.07 Å². The molecular formula is C17H28N4OS. The van der Waals surface area contributed by atoms with Crippen molar-refractivity contribution < 1.29 is 4.79 Å². The van der Waals surface area contributed by atoms with Crippen molar-refractivity contribution in [1.29, 1.82) is 0 Å². The number of fused-ring (bicyclic) bond motifs is 1. The van der Waals surface area contributed by atoms with Crippen LogP contribution in [0, 0.1) is 5.92 Å². The maximum atomic E-state index is 12.7. The molecule has 2 aromatic heterocycles. The van der Waals surface area contributed by atoms with Crippen LogP contribution in [0.2, 0.25) is 0 Å². The van der Waals surface area contributed by atoms with Gasteiger partial charge in [0.2, 0.25) is 0 Å². The Hall–Kier alpha value is -1.40. The average Bonchev–Trinajstić information content (AvgIpc) is 3.04. The molecule has 1 amide bonds. The third-order valence-corrected chi connectivity index (χ3v) is 5.49. The van der Waals surface area contributed by atoms with Crippen LogP contribution in [0.3, 0.4) is 0 Å². The van der Waals surface area contributed by atoms with Gasteiger partial charge in [0.25, 0.3) is 5.91 Å². The van der Waals surface area contributed by atoms with E-state index < -0.39 is 0 Å². The lowest BCUT2D eigenvalue weighted by atomic mass is 10.0. The SMILES string of the molecule is CC(C)c1nn(C)c2sc(C(=O)N(C)CCC(N)C(C)C)cc12. The first-order valence-corrected chi connectivity index (χ1v) is 9.01. The lowest BCUT2D eigenvalue weighted by molar-refractivity contribution is 0.0794. The van der Waals surface area contributed by atoms with Gasteiger partial charge >= 0.3 is 0 Å². The van der Waals surface area contributed by atoms with Gasteiger partial charge in [-0.1, -0.05) is 27.7 Å². The van der Waals surface area contributed by atoms with E-state index in [4.69, 9.17) is 5.73 Å². The molecule has 1 atom stereocenters. The van der Waals surface area contributed by atoms with Crippen molar-refractivity contribution in [2.24, 2.45) is 18.7 Å².